The maximum atomic E-state index is 9.13. The number of hydrogen-bond acceptors (Lipinski definition) is 4. The Labute approximate surface area is 125 Å². The van der Waals surface area contributed by atoms with Crippen LogP contribution in [0.2, 0.25) is 0 Å². The van der Waals surface area contributed by atoms with Crippen molar-refractivity contribution >= 4 is 0 Å². The standard InChI is InChI=1S/C16H23N3O2/c1-2-13(16-7-4-10-21-16)18-14-5-3-6-15-12(14)11-17-19(15)8-9-20/h4,7,10-11,13-14,18,20H,2-3,5-6,8-9H2,1H3. The van der Waals surface area contributed by atoms with E-state index in [9.17, 15) is 0 Å². The molecule has 1 aliphatic carbocycles. The third-order valence-corrected chi connectivity index (χ3v) is 4.27. The van der Waals surface area contributed by atoms with Crippen LogP contribution in [0.5, 0.6) is 0 Å². The van der Waals surface area contributed by atoms with Gasteiger partial charge in [0.25, 0.3) is 0 Å². The molecule has 0 aromatic carbocycles. The molecule has 2 N–H and O–H groups in total. The van der Waals surface area contributed by atoms with Gasteiger partial charge in [-0.05, 0) is 37.8 Å². The predicted octanol–water partition coefficient (Wildman–Crippen LogP) is 2.59. The van der Waals surface area contributed by atoms with Crippen LogP contribution < -0.4 is 5.32 Å². The summed E-state index contributed by atoms with van der Waals surface area (Å²) < 4.78 is 7.48. The van der Waals surface area contributed by atoms with Gasteiger partial charge in [0.1, 0.15) is 5.76 Å². The molecule has 0 spiro atoms. The summed E-state index contributed by atoms with van der Waals surface area (Å²) in [6, 6.07) is 4.51. The van der Waals surface area contributed by atoms with Gasteiger partial charge >= 0.3 is 0 Å². The average Bonchev–Trinajstić information content (AvgIpc) is 3.16. The van der Waals surface area contributed by atoms with Crippen molar-refractivity contribution in [1.29, 1.82) is 0 Å². The minimum atomic E-state index is 0.135. The number of hydrogen-bond donors (Lipinski definition) is 2. The SMILES string of the molecule is CCC(NC1CCCc2c1cnn2CCO)c1ccco1. The molecule has 5 nitrogen and oxygen atoms in total. The first kappa shape index (κ1) is 14.4. The number of aromatic nitrogens is 2. The van der Waals surface area contributed by atoms with Crippen molar-refractivity contribution < 1.29 is 9.52 Å². The normalized spacial score (nSPS) is 19.4. The second-order valence-electron chi connectivity index (χ2n) is 5.58. The molecule has 1 aliphatic rings. The van der Waals surface area contributed by atoms with Gasteiger partial charge in [-0.1, -0.05) is 6.92 Å². The number of aliphatic hydroxyl groups is 1. The third kappa shape index (κ3) is 2.89. The van der Waals surface area contributed by atoms with E-state index in [1.165, 1.54) is 11.3 Å². The second kappa shape index (κ2) is 6.45. The highest BCUT2D eigenvalue weighted by molar-refractivity contribution is 5.25. The lowest BCUT2D eigenvalue weighted by Crippen LogP contribution is -2.29. The fourth-order valence-electron chi connectivity index (χ4n) is 3.21. The first-order valence-electron chi connectivity index (χ1n) is 7.78. The van der Waals surface area contributed by atoms with E-state index in [1.807, 2.05) is 23.0 Å². The van der Waals surface area contributed by atoms with Gasteiger partial charge in [0.05, 0.1) is 31.7 Å². The topological polar surface area (TPSA) is 63.2 Å². The van der Waals surface area contributed by atoms with E-state index in [0.717, 1.165) is 31.4 Å². The van der Waals surface area contributed by atoms with E-state index in [4.69, 9.17) is 9.52 Å². The molecule has 2 atom stereocenters. The van der Waals surface area contributed by atoms with Crippen LogP contribution in [0, 0.1) is 0 Å². The Kier molecular flexibility index (Phi) is 4.41. The monoisotopic (exact) mass is 289 g/mol. The highest BCUT2D eigenvalue weighted by Gasteiger charge is 2.26. The van der Waals surface area contributed by atoms with Crippen molar-refractivity contribution in [2.45, 2.75) is 51.2 Å². The van der Waals surface area contributed by atoms with Gasteiger partial charge in [-0.2, -0.15) is 5.10 Å². The molecule has 0 saturated heterocycles. The van der Waals surface area contributed by atoms with Gasteiger partial charge in [-0.3, -0.25) is 4.68 Å². The number of aliphatic hydroxyl groups excluding tert-OH is 1. The van der Waals surface area contributed by atoms with Gasteiger partial charge in [0, 0.05) is 17.3 Å². The van der Waals surface area contributed by atoms with Gasteiger partial charge < -0.3 is 14.8 Å². The Morgan fingerprint density at radius 3 is 3.19 bits per heavy atom. The maximum Gasteiger partial charge on any atom is 0.120 e. The molecule has 21 heavy (non-hydrogen) atoms. The number of nitrogens with one attached hydrogen (secondary N) is 1. The van der Waals surface area contributed by atoms with Crippen molar-refractivity contribution in [3.8, 4) is 0 Å². The Morgan fingerprint density at radius 2 is 2.48 bits per heavy atom. The summed E-state index contributed by atoms with van der Waals surface area (Å²) in [5.74, 6) is 0.993. The fraction of sp³-hybridized carbons (Fsp3) is 0.562. The van der Waals surface area contributed by atoms with Gasteiger partial charge in [-0.25, -0.2) is 0 Å². The minimum Gasteiger partial charge on any atom is -0.468 e. The summed E-state index contributed by atoms with van der Waals surface area (Å²) in [5, 5.41) is 17.3. The van der Waals surface area contributed by atoms with E-state index >= 15 is 0 Å². The quantitative estimate of drug-likeness (QED) is 0.858. The van der Waals surface area contributed by atoms with Crippen LogP contribution in [0.3, 0.4) is 0 Å². The molecule has 5 heteroatoms. The fourth-order valence-corrected chi connectivity index (χ4v) is 3.21. The highest BCUT2D eigenvalue weighted by atomic mass is 16.3. The maximum absolute atomic E-state index is 9.13. The molecule has 0 bridgehead atoms. The van der Waals surface area contributed by atoms with Crippen LogP contribution in [0.15, 0.2) is 29.0 Å². The van der Waals surface area contributed by atoms with Crippen LogP contribution in [-0.2, 0) is 13.0 Å². The molecule has 2 heterocycles. The largest absolute Gasteiger partial charge is 0.468 e. The molecule has 2 aromatic rings. The average molecular weight is 289 g/mol. The first-order chi connectivity index (χ1) is 10.3. The Morgan fingerprint density at radius 1 is 1.57 bits per heavy atom. The zero-order chi connectivity index (χ0) is 14.7. The highest BCUT2D eigenvalue weighted by Crippen LogP contribution is 2.32. The van der Waals surface area contributed by atoms with Crippen molar-refractivity contribution in [2.75, 3.05) is 6.61 Å². The zero-order valence-electron chi connectivity index (χ0n) is 12.5. The van der Waals surface area contributed by atoms with Crippen LogP contribution in [-0.4, -0.2) is 21.5 Å². The van der Waals surface area contributed by atoms with Crippen LogP contribution in [0.1, 0.15) is 55.3 Å². The molecule has 0 aliphatic heterocycles. The molecular weight excluding hydrogens is 266 g/mol. The summed E-state index contributed by atoms with van der Waals surface area (Å²) in [4.78, 5) is 0. The summed E-state index contributed by atoms with van der Waals surface area (Å²) in [5.41, 5.74) is 2.54. The van der Waals surface area contributed by atoms with E-state index in [2.05, 4.69) is 17.3 Å². The molecule has 2 aromatic heterocycles. The predicted molar refractivity (Wildman–Crippen MR) is 79.9 cm³/mol. The number of fused-ring (bicyclic) bond motifs is 1. The lowest BCUT2D eigenvalue weighted by molar-refractivity contribution is 0.265. The van der Waals surface area contributed by atoms with E-state index < -0.39 is 0 Å². The zero-order valence-corrected chi connectivity index (χ0v) is 12.5. The van der Waals surface area contributed by atoms with Crippen LogP contribution >= 0.6 is 0 Å². The minimum absolute atomic E-state index is 0.135. The van der Waals surface area contributed by atoms with Crippen molar-refractivity contribution in [2.24, 2.45) is 0 Å². The molecule has 2 unspecified atom stereocenters. The Bertz CT molecular complexity index is 562. The van der Waals surface area contributed by atoms with Crippen molar-refractivity contribution in [1.82, 2.24) is 15.1 Å². The second-order valence-corrected chi connectivity index (χ2v) is 5.58. The van der Waals surface area contributed by atoms with Gasteiger partial charge in [0.2, 0.25) is 0 Å². The lowest BCUT2D eigenvalue weighted by Gasteiger charge is -2.27. The first-order valence-corrected chi connectivity index (χ1v) is 7.78. The molecule has 0 saturated carbocycles. The van der Waals surface area contributed by atoms with Crippen LogP contribution in [0.4, 0.5) is 0 Å². The Hall–Kier alpha value is -1.59. The van der Waals surface area contributed by atoms with Crippen molar-refractivity contribution in [3.63, 3.8) is 0 Å². The number of nitrogens with zero attached hydrogens (tertiary/aromatic N) is 2. The summed E-state index contributed by atoms with van der Waals surface area (Å²) >= 11 is 0. The van der Waals surface area contributed by atoms with E-state index in [1.54, 1.807) is 6.26 Å². The molecule has 0 amide bonds. The summed E-state index contributed by atoms with van der Waals surface area (Å²) in [6.45, 7) is 2.88. The number of furan rings is 1. The molecular formula is C16H23N3O2. The van der Waals surface area contributed by atoms with Gasteiger partial charge in [-0.15, -0.1) is 0 Å². The number of rotatable bonds is 6. The molecule has 114 valence electrons. The smallest absolute Gasteiger partial charge is 0.120 e. The summed E-state index contributed by atoms with van der Waals surface area (Å²) in [6.07, 6.45) is 7.99. The van der Waals surface area contributed by atoms with E-state index in [0.29, 0.717) is 12.6 Å². The molecule has 3 rings (SSSR count). The third-order valence-electron chi connectivity index (χ3n) is 4.27. The Balaban J connectivity index is 1.78. The van der Waals surface area contributed by atoms with Gasteiger partial charge in [0.15, 0.2) is 0 Å². The van der Waals surface area contributed by atoms with Crippen molar-refractivity contribution in [3.05, 3.63) is 41.6 Å². The molecule has 0 fully saturated rings. The van der Waals surface area contributed by atoms with E-state index in [-0.39, 0.29) is 12.6 Å². The lowest BCUT2D eigenvalue weighted by atomic mass is 9.92. The summed E-state index contributed by atoms with van der Waals surface area (Å²) in [7, 11) is 0. The van der Waals surface area contributed by atoms with Crippen LogP contribution in [0.25, 0.3) is 0 Å². The molecule has 0 radical (unpaired) electrons.